The van der Waals surface area contributed by atoms with Crippen molar-refractivity contribution in [2.75, 3.05) is 13.7 Å². The van der Waals surface area contributed by atoms with Crippen LogP contribution in [-0.2, 0) is 0 Å². The number of nitrogens with one attached hydrogen (secondary N) is 2. The van der Waals surface area contributed by atoms with Crippen LogP contribution in [0.2, 0.25) is 0 Å². The van der Waals surface area contributed by atoms with Gasteiger partial charge in [0.15, 0.2) is 5.65 Å². The van der Waals surface area contributed by atoms with Crippen LogP contribution in [-0.4, -0.2) is 39.8 Å². The third-order valence-corrected chi connectivity index (χ3v) is 5.16. The third kappa shape index (κ3) is 4.06. The van der Waals surface area contributed by atoms with Crippen molar-refractivity contribution in [2.45, 2.75) is 13.0 Å². The van der Waals surface area contributed by atoms with Crippen molar-refractivity contribution in [1.29, 1.82) is 0 Å². The Morgan fingerprint density at radius 2 is 2.00 bits per heavy atom. The highest BCUT2D eigenvalue weighted by atomic mass is 16.5. The Balaban J connectivity index is 1.73. The molecule has 8 nitrogen and oxygen atoms in total. The Kier molecular flexibility index (Phi) is 5.55. The minimum absolute atomic E-state index is 0.157. The summed E-state index contributed by atoms with van der Waals surface area (Å²) in [6.07, 6.45) is 0. The van der Waals surface area contributed by atoms with Crippen molar-refractivity contribution in [3.63, 3.8) is 0 Å². The summed E-state index contributed by atoms with van der Waals surface area (Å²) in [6.45, 7) is 2.04. The summed E-state index contributed by atoms with van der Waals surface area (Å²) in [6, 6.07) is 15.4. The number of phenolic OH excluding ortho intramolecular Hbond substituents is 1. The second-order valence-corrected chi connectivity index (χ2v) is 7.17. The van der Waals surface area contributed by atoms with E-state index >= 15 is 0 Å². The van der Waals surface area contributed by atoms with Gasteiger partial charge in [0.05, 0.1) is 35.5 Å². The number of aromatic hydroxyl groups is 1. The topological polar surface area (TPSA) is 126 Å². The van der Waals surface area contributed by atoms with E-state index < -0.39 is 6.04 Å². The van der Waals surface area contributed by atoms with Crippen molar-refractivity contribution in [2.24, 2.45) is 5.73 Å². The average molecular weight is 417 g/mol. The quantitative estimate of drug-likeness (QED) is 0.382. The van der Waals surface area contributed by atoms with E-state index in [4.69, 9.17) is 10.5 Å². The number of fused-ring (bicyclic) bond motifs is 1. The molecule has 8 heteroatoms. The van der Waals surface area contributed by atoms with Crippen molar-refractivity contribution < 1.29 is 14.6 Å². The molecule has 5 N–H and O–H groups in total. The molecule has 1 atom stereocenters. The highest BCUT2D eigenvalue weighted by molar-refractivity contribution is 6.07. The lowest BCUT2D eigenvalue weighted by Crippen LogP contribution is -2.33. The monoisotopic (exact) mass is 417 g/mol. The molecule has 2 heterocycles. The molecule has 1 amide bonds. The zero-order chi connectivity index (χ0) is 22.0. The Hall–Kier alpha value is -3.91. The lowest BCUT2D eigenvalue weighted by Gasteiger charge is -2.18. The van der Waals surface area contributed by atoms with Gasteiger partial charge in [-0.05, 0) is 55.0 Å². The summed E-state index contributed by atoms with van der Waals surface area (Å²) < 4.78 is 5.28. The Morgan fingerprint density at radius 3 is 2.71 bits per heavy atom. The molecular formula is C23H23N5O3. The predicted octanol–water partition coefficient (Wildman–Crippen LogP) is 3.08. The summed E-state index contributed by atoms with van der Waals surface area (Å²) >= 11 is 0. The summed E-state index contributed by atoms with van der Waals surface area (Å²) in [5.74, 6) is 0.566. The number of rotatable bonds is 6. The Labute approximate surface area is 179 Å². The largest absolute Gasteiger partial charge is 0.508 e. The number of amides is 1. The van der Waals surface area contributed by atoms with Gasteiger partial charge in [0.2, 0.25) is 0 Å². The van der Waals surface area contributed by atoms with Gasteiger partial charge in [-0.1, -0.05) is 12.1 Å². The van der Waals surface area contributed by atoms with Gasteiger partial charge in [-0.15, -0.1) is 0 Å². The summed E-state index contributed by atoms with van der Waals surface area (Å²) in [7, 11) is 1.59. The van der Waals surface area contributed by atoms with E-state index in [0.717, 1.165) is 11.1 Å². The maximum Gasteiger partial charge on any atom is 0.252 e. The zero-order valence-corrected chi connectivity index (χ0v) is 17.2. The number of aromatic amines is 1. The smallest absolute Gasteiger partial charge is 0.252 e. The number of nitrogens with zero attached hydrogens (tertiary/aromatic N) is 2. The molecule has 0 aliphatic carbocycles. The Morgan fingerprint density at radius 1 is 1.23 bits per heavy atom. The van der Waals surface area contributed by atoms with Crippen LogP contribution < -0.4 is 15.8 Å². The van der Waals surface area contributed by atoms with Crippen LogP contribution in [0, 0.1) is 6.92 Å². The van der Waals surface area contributed by atoms with E-state index in [1.807, 2.05) is 31.2 Å². The van der Waals surface area contributed by atoms with Crippen molar-refractivity contribution in [1.82, 2.24) is 20.5 Å². The van der Waals surface area contributed by atoms with Gasteiger partial charge in [0.1, 0.15) is 11.5 Å². The molecule has 4 aromatic rings. The number of carbonyl (C=O) groups is 1. The average Bonchev–Trinajstić information content (AvgIpc) is 3.18. The van der Waals surface area contributed by atoms with E-state index in [2.05, 4.69) is 20.5 Å². The Bertz CT molecular complexity index is 1230. The van der Waals surface area contributed by atoms with Gasteiger partial charge in [-0.3, -0.25) is 9.89 Å². The first-order chi connectivity index (χ1) is 15.0. The fourth-order valence-electron chi connectivity index (χ4n) is 3.52. The molecule has 0 saturated carbocycles. The minimum Gasteiger partial charge on any atom is -0.508 e. The number of aromatic nitrogens is 3. The van der Waals surface area contributed by atoms with Gasteiger partial charge in [-0.25, -0.2) is 4.98 Å². The molecule has 0 saturated heterocycles. The van der Waals surface area contributed by atoms with Crippen LogP contribution in [0.3, 0.4) is 0 Å². The highest BCUT2D eigenvalue weighted by Gasteiger charge is 2.21. The van der Waals surface area contributed by atoms with E-state index in [1.54, 1.807) is 37.4 Å². The molecule has 2 aromatic carbocycles. The number of phenols is 1. The number of carbonyl (C=O) groups excluding carboxylic acids is 1. The molecule has 0 radical (unpaired) electrons. The van der Waals surface area contributed by atoms with Crippen LogP contribution in [0.5, 0.6) is 11.5 Å². The van der Waals surface area contributed by atoms with Crippen LogP contribution in [0.25, 0.3) is 22.3 Å². The molecule has 158 valence electrons. The number of ether oxygens (including phenoxy) is 1. The molecular weight excluding hydrogens is 394 g/mol. The lowest BCUT2D eigenvalue weighted by atomic mass is 10.0. The first-order valence-corrected chi connectivity index (χ1v) is 9.80. The molecule has 0 aliphatic rings. The van der Waals surface area contributed by atoms with Gasteiger partial charge in [0.25, 0.3) is 5.91 Å². The summed E-state index contributed by atoms with van der Waals surface area (Å²) in [5.41, 5.74) is 9.81. The standard InChI is InChI=1S/C23H23N5O3/c1-13-21-18(23(30)26-20(12-24)15-4-3-5-17(10-15)31-2)11-19(25-22(21)28-27-13)14-6-8-16(29)9-7-14/h3-11,20,29H,12,24H2,1-2H3,(H,26,30)(H,25,27,28). The van der Waals surface area contributed by atoms with Crippen LogP contribution in [0.4, 0.5) is 0 Å². The number of nitrogens with two attached hydrogens (primary N) is 1. The SMILES string of the molecule is COc1cccc(C(CN)NC(=O)c2cc(-c3ccc(O)cc3)nc3[nH]nc(C)c23)c1. The second-order valence-electron chi connectivity index (χ2n) is 7.17. The summed E-state index contributed by atoms with van der Waals surface area (Å²) in [5, 5.41) is 20.4. The van der Waals surface area contributed by atoms with E-state index in [9.17, 15) is 9.90 Å². The van der Waals surface area contributed by atoms with Crippen molar-refractivity contribution in [3.8, 4) is 22.8 Å². The van der Waals surface area contributed by atoms with Crippen molar-refractivity contribution >= 4 is 16.9 Å². The molecule has 0 bridgehead atoms. The molecule has 0 spiro atoms. The van der Waals surface area contributed by atoms with Gasteiger partial charge < -0.3 is 20.9 Å². The minimum atomic E-state index is -0.393. The highest BCUT2D eigenvalue weighted by Crippen LogP contribution is 2.27. The van der Waals surface area contributed by atoms with Gasteiger partial charge in [-0.2, -0.15) is 5.10 Å². The molecule has 0 aliphatic heterocycles. The molecule has 0 fully saturated rings. The number of methoxy groups -OCH3 is 1. The van der Waals surface area contributed by atoms with Gasteiger partial charge in [0, 0.05) is 12.1 Å². The molecule has 1 unspecified atom stereocenters. The number of hydrogen-bond acceptors (Lipinski definition) is 6. The van der Waals surface area contributed by atoms with Crippen LogP contribution >= 0.6 is 0 Å². The summed E-state index contributed by atoms with van der Waals surface area (Å²) in [4.78, 5) is 17.9. The first kappa shape index (κ1) is 20.4. The van der Waals surface area contributed by atoms with E-state index in [-0.39, 0.29) is 18.2 Å². The number of aryl methyl sites for hydroxylation is 1. The van der Waals surface area contributed by atoms with E-state index in [1.165, 1.54) is 0 Å². The third-order valence-electron chi connectivity index (χ3n) is 5.16. The normalized spacial score (nSPS) is 12.0. The zero-order valence-electron chi connectivity index (χ0n) is 17.2. The lowest BCUT2D eigenvalue weighted by molar-refractivity contribution is 0.0939. The van der Waals surface area contributed by atoms with Gasteiger partial charge >= 0.3 is 0 Å². The maximum atomic E-state index is 13.3. The molecule has 4 rings (SSSR count). The predicted molar refractivity (Wildman–Crippen MR) is 118 cm³/mol. The number of hydrogen-bond donors (Lipinski definition) is 4. The van der Waals surface area contributed by atoms with Crippen LogP contribution in [0.1, 0.15) is 27.7 Å². The number of pyridine rings is 1. The van der Waals surface area contributed by atoms with Crippen molar-refractivity contribution in [3.05, 3.63) is 71.4 Å². The second kappa shape index (κ2) is 8.45. The maximum absolute atomic E-state index is 13.3. The first-order valence-electron chi connectivity index (χ1n) is 9.80. The van der Waals surface area contributed by atoms with Crippen LogP contribution in [0.15, 0.2) is 54.6 Å². The fraction of sp³-hybridized carbons (Fsp3) is 0.174. The fourth-order valence-corrected chi connectivity index (χ4v) is 3.52. The molecule has 31 heavy (non-hydrogen) atoms. The van der Waals surface area contributed by atoms with E-state index in [0.29, 0.717) is 33.7 Å². The number of benzene rings is 2. The molecule has 2 aromatic heterocycles. The number of H-pyrrole nitrogens is 1.